The summed E-state index contributed by atoms with van der Waals surface area (Å²) in [6.45, 7) is 0. The van der Waals surface area contributed by atoms with Crippen molar-refractivity contribution in [3.05, 3.63) is 56.3 Å². The topological polar surface area (TPSA) is 37.8 Å². The number of hydrogen-bond donors (Lipinski definition) is 1. The molecule has 0 aliphatic heterocycles. The zero-order chi connectivity index (χ0) is 14.1. The summed E-state index contributed by atoms with van der Waals surface area (Å²) in [5.74, 6) is 0.642. The number of nitrogens with zero attached hydrogens (tertiary/aromatic N) is 2. The first-order chi connectivity index (χ1) is 9.63. The van der Waals surface area contributed by atoms with Gasteiger partial charge in [0.2, 0.25) is 5.28 Å². The highest BCUT2D eigenvalue weighted by molar-refractivity contribution is 14.1. The summed E-state index contributed by atoms with van der Waals surface area (Å²) >= 11 is 14.4. The number of hydrogen-bond acceptors (Lipinski definition) is 3. The summed E-state index contributed by atoms with van der Waals surface area (Å²) in [5, 5.41) is 4.94. The van der Waals surface area contributed by atoms with E-state index in [1.807, 2.05) is 42.5 Å². The summed E-state index contributed by atoms with van der Waals surface area (Å²) in [5.41, 5.74) is 1.57. The lowest BCUT2D eigenvalue weighted by Crippen LogP contribution is -1.98. The van der Waals surface area contributed by atoms with Crippen LogP contribution in [0.25, 0.3) is 10.9 Å². The van der Waals surface area contributed by atoms with Crippen LogP contribution in [0.1, 0.15) is 0 Å². The summed E-state index contributed by atoms with van der Waals surface area (Å²) < 4.78 is 1.07. The zero-order valence-corrected chi connectivity index (χ0v) is 13.7. The maximum absolute atomic E-state index is 6.23. The first-order valence-electron chi connectivity index (χ1n) is 5.78. The molecule has 0 radical (unpaired) electrons. The van der Waals surface area contributed by atoms with Gasteiger partial charge in [-0.1, -0.05) is 23.7 Å². The van der Waals surface area contributed by atoms with Gasteiger partial charge in [-0.2, -0.15) is 4.98 Å². The number of para-hydroxylation sites is 1. The number of rotatable bonds is 2. The fraction of sp³-hybridized carbons (Fsp3) is 0. The molecule has 0 unspecified atom stereocenters. The standard InChI is InChI=1S/C14H8Cl2IN3/c15-10-7-8(17)5-6-12(10)18-13-9-3-1-2-4-11(9)19-14(16)20-13/h1-7H,(H,18,19,20). The Bertz CT molecular complexity index is 792. The largest absolute Gasteiger partial charge is 0.338 e. The monoisotopic (exact) mass is 415 g/mol. The lowest BCUT2D eigenvalue weighted by Gasteiger charge is -2.10. The number of benzene rings is 2. The van der Waals surface area contributed by atoms with E-state index in [0.29, 0.717) is 10.8 Å². The molecule has 6 heteroatoms. The Balaban J connectivity index is 2.10. The van der Waals surface area contributed by atoms with E-state index < -0.39 is 0 Å². The van der Waals surface area contributed by atoms with Crippen LogP contribution in [0.4, 0.5) is 11.5 Å². The first kappa shape index (κ1) is 13.9. The van der Waals surface area contributed by atoms with Gasteiger partial charge in [-0.15, -0.1) is 0 Å². The van der Waals surface area contributed by atoms with Crippen LogP contribution >= 0.6 is 45.8 Å². The van der Waals surface area contributed by atoms with Crippen molar-refractivity contribution < 1.29 is 0 Å². The van der Waals surface area contributed by atoms with Crippen LogP contribution < -0.4 is 5.32 Å². The van der Waals surface area contributed by atoms with Gasteiger partial charge < -0.3 is 5.32 Å². The molecular weight excluding hydrogens is 408 g/mol. The minimum Gasteiger partial charge on any atom is -0.338 e. The third-order valence-electron chi connectivity index (χ3n) is 2.76. The fourth-order valence-corrected chi connectivity index (χ4v) is 2.94. The van der Waals surface area contributed by atoms with E-state index in [0.717, 1.165) is 20.2 Å². The molecule has 0 saturated heterocycles. The molecule has 0 bridgehead atoms. The average Bonchev–Trinajstić information content (AvgIpc) is 2.41. The van der Waals surface area contributed by atoms with E-state index in [1.165, 1.54) is 0 Å². The SMILES string of the molecule is Clc1nc(Nc2ccc(I)cc2Cl)c2ccccc2n1. The Hall–Kier alpha value is -1.11. The fourth-order valence-electron chi connectivity index (χ4n) is 1.86. The van der Waals surface area contributed by atoms with Gasteiger partial charge in [-0.25, -0.2) is 4.98 Å². The van der Waals surface area contributed by atoms with Crippen molar-refractivity contribution in [2.24, 2.45) is 0 Å². The number of fused-ring (bicyclic) bond motifs is 1. The Labute approximate surface area is 139 Å². The Morgan fingerprint density at radius 1 is 1.00 bits per heavy atom. The summed E-state index contributed by atoms with van der Waals surface area (Å²) in [6.07, 6.45) is 0. The van der Waals surface area contributed by atoms with Crippen LogP contribution in [0, 0.1) is 3.57 Å². The number of halogens is 3. The molecule has 1 aromatic heterocycles. The van der Waals surface area contributed by atoms with Crippen molar-refractivity contribution in [1.29, 1.82) is 0 Å². The van der Waals surface area contributed by atoms with Crippen molar-refractivity contribution in [2.75, 3.05) is 5.32 Å². The lowest BCUT2D eigenvalue weighted by molar-refractivity contribution is 1.22. The van der Waals surface area contributed by atoms with E-state index in [1.54, 1.807) is 0 Å². The molecule has 0 aliphatic rings. The van der Waals surface area contributed by atoms with Crippen molar-refractivity contribution >= 4 is 68.2 Å². The van der Waals surface area contributed by atoms with Gasteiger partial charge in [0.1, 0.15) is 5.82 Å². The van der Waals surface area contributed by atoms with Gasteiger partial charge in [0.25, 0.3) is 0 Å². The first-order valence-corrected chi connectivity index (χ1v) is 7.61. The molecule has 2 aromatic carbocycles. The average molecular weight is 416 g/mol. The van der Waals surface area contributed by atoms with E-state index in [2.05, 4.69) is 37.9 Å². The van der Waals surface area contributed by atoms with Crippen molar-refractivity contribution in [1.82, 2.24) is 9.97 Å². The van der Waals surface area contributed by atoms with Crippen molar-refractivity contribution in [3.63, 3.8) is 0 Å². The molecule has 0 saturated carbocycles. The lowest BCUT2D eigenvalue weighted by atomic mass is 10.2. The number of nitrogens with one attached hydrogen (secondary N) is 1. The van der Waals surface area contributed by atoms with Crippen LogP contribution in [0.5, 0.6) is 0 Å². The highest BCUT2D eigenvalue weighted by Gasteiger charge is 2.08. The smallest absolute Gasteiger partial charge is 0.224 e. The quantitative estimate of drug-likeness (QED) is 0.456. The molecule has 1 N–H and O–H groups in total. The maximum atomic E-state index is 6.23. The predicted molar refractivity (Wildman–Crippen MR) is 92.0 cm³/mol. The van der Waals surface area contributed by atoms with Crippen LogP contribution in [-0.2, 0) is 0 Å². The second kappa shape index (κ2) is 5.71. The second-order valence-corrected chi connectivity index (χ2v) is 6.10. The Morgan fingerprint density at radius 3 is 2.60 bits per heavy atom. The van der Waals surface area contributed by atoms with E-state index in [4.69, 9.17) is 23.2 Å². The molecule has 0 spiro atoms. The number of anilines is 2. The van der Waals surface area contributed by atoms with Crippen molar-refractivity contribution in [3.8, 4) is 0 Å². The third kappa shape index (κ3) is 2.82. The van der Waals surface area contributed by atoms with Gasteiger partial charge in [0.05, 0.1) is 16.2 Å². The predicted octanol–water partition coefficient (Wildman–Crippen LogP) is 5.28. The minimum atomic E-state index is 0.202. The molecule has 0 atom stereocenters. The second-order valence-electron chi connectivity index (χ2n) is 4.11. The minimum absolute atomic E-state index is 0.202. The normalized spacial score (nSPS) is 10.8. The molecule has 3 aromatic rings. The van der Waals surface area contributed by atoms with E-state index >= 15 is 0 Å². The highest BCUT2D eigenvalue weighted by atomic mass is 127. The van der Waals surface area contributed by atoms with Crippen LogP contribution in [0.15, 0.2) is 42.5 Å². The molecule has 20 heavy (non-hydrogen) atoms. The molecule has 0 aliphatic carbocycles. The summed E-state index contributed by atoms with van der Waals surface area (Å²) in [6, 6.07) is 13.4. The molecule has 1 heterocycles. The van der Waals surface area contributed by atoms with Gasteiger partial charge in [-0.05, 0) is 64.5 Å². The molecule has 0 fully saturated rings. The van der Waals surface area contributed by atoms with Crippen LogP contribution in [0.3, 0.4) is 0 Å². The molecule has 3 rings (SSSR count). The van der Waals surface area contributed by atoms with E-state index in [-0.39, 0.29) is 5.28 Å². The van der Waals surface area contributed by atoms with Crippen LogP contribution in [0.2, 0.25) is 10.3 Å². The zero-order valence-electron chi connectivity index (χ0n) is 10.1. The van der Waals surface area contributed by atoms with E-state index in [9.17, 15) is 0 Å². The maximum Gasteiger partial charge on any atom is 0.224 e. The van der Waals surface area contributed by atoms with Crippen molar-refractivity contribution in [2.45, 2.75) is 0 Å². The van der Waals surface area contributed by atoms with Gasteiger partial charge in [-0.3, -0.25) is 0 Å². The Kier molecular flexibility index (Phi) is 3.96. The number of aromatic nitrogens is 2. The van der Waals surface area contributed by atoms with Gasteiger partial charge >= 0.3 is 0 Å². The van der Waals surface area contributed by atoms with Crippen LogP contribution in [-0.4, -0.2) is 9.97 Å². The highest BCUT2D eigenvalue weighted by Crippen LogP contribution is 2.30. The Morgan fingerprint density at radius 2 is 1.80 bits per heavy atom. The molecule has 3 nitrogen and oxygen atoms in total. The van der Waals surface area contributed by atoms with Gasteiger partial charge in [0.15, 0.2) is 0 Å². The third-order valence-corrected chi connectivity index (χ3v) is 3.91. The summed E-state index contributed by atoms with van der Waals surface area (Å²) in [4.78, 5) is 8.44. The molecular formula is C14H8Cl2IN3. The molecule has 100 valence electrons. The summed E-state index contributed by atoms with van der Waals surface area (Å²) in [7, 11) is 0. The van der Waals surface area contributed by atoms with Gasteiger partial charge in [0, 0.05) is 8.96 Å². The molecule has 0 amide bonds.